The van der Waals surface area contributed by atoms with Crippen molar-refractivity contribution in [2.45, 2.75) is 502 Å². The molecule has 6 heteroatoms. The zero-order chi connectivity index (χ0) is 90.5. The molecule has 0 heterocycles. The van der Waals surface area contributed by atoms with Gasteiger partial charge in [-0.1, -0.05) is 341 Å². The van der Waals surface area contributed by atoms with Crippen LogP contribution >= 0.6 is 0 Å². The zero-order valence-corrected chi connectivity index (χ0v) is 82.7. The maximum Gasteiger partial charge on any atom is 0.101 e. The quantitative estimate of drug-likeness (QED) is 0.0265. The Morgan fingerprint density at radius 3 is 0.516 bits per heavy atom. The Balaban J connectivity index is 0.000000208. The summed E-state index contributed by atoms with van der Waals surface area (Å²) in [7, 11) is 0. The van der Waals surface area contributed by atoms with E-state index in [0.717, 1.165) is 104 Å². The molecule has 0 radical (unpaired) electrons. The van der Waals surface area contributed by atoms with E-state index >= 15 is 0 Å². The fourth-order valence-electron chi connectivity index (χ4n) is 22.3. The standard InChI is InChI=1S/C23H37F.C22H35F.C21H33F.C19H29F.C18H27F.C17H25F/c1-3-4-5-6-7-8-9-20-10-14-22(15-11-20)23-16-12-21(13-17-23)18-19(2)24;1-3-4-5-6-7-8-19-9-13-21(14-10-19)22-15-11-20(12-16-22)17-18(2)23;1-3-4-5-6-7-18-8-12-20(13-9-18)21-14-10-19(11-15-21)16-17(2)22;1-3-4-5-16-6-10-18(11-7-16)19-12-8-17(9-13-19)14-15(2)20;1-3-4-15-5-9-17(10-6-15)18-11-7-16(8-12-18)13-14(2)19;1-3-14-4-8-16(9-5-14)17-10-6-15(7-11-17)12-13(2)18/h12-13,16-17,19-20,22H,3-11,14-15,18H2,1-2H3;11-12,15-16,18-19,21H,3-10,13-14,17H2,1-2H3;10-11,14-15,17-18,20H,3-9,12-13,16H2,1-2H3;8-9,12-13,15-16,18H,3-7,10-11,14H2,1-2H3;7-8,11-12,14-15,17H,3-6,9-10,13H2,1-2H3;6-7,10-11,13-14,16H,3-5,8-9,12H2,1-2H3. The zero-order valence-electron chi connectivity index (χ0n) is 82.7. The normalized spacial score (nSPS) is 24.0. The first-order valence-electron chi connectivity index (χ1n) is 53.5. The molecule has 0 aromatic heterocycles. The molecular formula is C120H186F6. The van der Waals surface area contributed by atoms with Gasteiger partial charge >= 0.3 is 0 Å². The Kier molecular flexibility index (Phi) is 54.7. The summed E-state index contributed by atoms with van der Waals surface area (Å²) >= 11 is 0. The van der Waals surface area contributed by atoms with Crippen LogP contribution in [-0.2, 0) is 38.5 Å². The number of alkyl halides is 6. The lowest BCUT2D eigenvalue weighted by Gasteiger charge is -2.29. The monoisotopic (exact) mass is 1740 g/mol. The summed E-state index contributed by atoms with van der Waals surface area (Å²) in [5.41, 5.74) is 15.6. The molecule has 0 aliphatic heterocycles. The van der Waals surface area contributed by atoms with E-state index in [0.29, 0.717) is 38.5 Å². The van der Waals surface area contributed by atoms with Crippen molar-refractivity contribution >= 4 is 0 Å². The second-order valence-corrected chi connectivity index (χ2v) is 41.6. The van der Waals surface area contributed by atoms with Gasteiger partial charge in [0.25, 0.3) is 0 Å². The average molecular weight is 1740 g/mol. The maximum atomic E-state index is 13.1. The van der Waals surface area contributed by atoms with Gasteiger partial charge in [0.15, 0.2) is 0 Å². The molecule has 6 fully saturated rings. The lowest BCUT2D eigenvalue weighted by Crippen LogP contribution is -2.13. The predicted octanol–water partition coefficient (Wildman–Crippen LogP) is 38.6. The first-order valence-corrected chi connectivity index (χ1v) is 53.5. The van der Waals surface area contributed by atoms with Crippen molar-refractivity contribution in [2.75, 3.05) is 0 Å². The van der Waals surface area contributed by atoms with Gasteiger partial charge in [0.2, 0.25) is 0 Å². The molecule has 6 saturated carbocycles. The second kappa shape index (κ2) is 63.9. The highest BCUT2D eigenvalue weighted by Gasteiger charge is 2.29. The Morgan fingerprint density at radius 2 is 0.341 bits per heavy atom. The molecule has 6 aliphatic rings. The van der Waals surface area contributed by atoms with Crippen molar-refractivity contribution in [3.05, 3.63) is 212 Å². The van der Waals surface area contributed by atoms with Gasteiger partial charge in [-0.25, -0.2) is 26.3 Å². The van der Waals surface area contributed by atoms with Gasteiger partial charge in [-0.05, 0) is 333 Å². The van der Waals surface area contributed by atoms with Crippen LogP contribution in [0.4, 0.5) is 26.3 Å². The fourth-order valence-corrected chi connectivity index (χ4v) is 22.3. The van der Waals surface area contributed by atoms with Crippen LogP contribution < -0.4 is 0 Å². The highest BCUT2D eigenvalue weighted by molar-refractivity contribution is 5.32. The lowest BCUT2D eigenvalue weighted by molar-refractivity contribution is 0.301. The molecule has 0 bridgehead atoms. The number of hydrogen-bond donors (Lipinski definition) is 0. The van der Waals surface area contributed by atoms with E-state index in [1.807, 2.05) is 0 Å². The minimum atomic E-state index is -0.742. The molecule has 0 nitrogen and oxygen atoms in total. The van der Waals surface area contributed by atoms with Crippen LogP contribution in [0.1, 0.15) is 494 Å². The van der Waals surface area contributed by atoms with Crippen LogP contribution in [0.5, 0.6) is 0 Å². The molecule has 708 valence electrons. The summed E-state index contributed by atoms with van der Waals surface area (Å²) in [6.45, 7) is 23.5. The van der Waals surface area contributed by atoms with E-state index in [1.165, 1.54) is 342 Å². The molecule has 0 saturated heterocycles. The van der Waals surface area contributed by atoms with Crippen molar-refractivity contribution in [1.82, 2.24) is 0 Å². The minimum Gasteiger partial charge on any atom is -0.247 e. The SMILES string of the molecule is CCC1CCC(c2ccc(CC(C)F)cc2)CC1.CCCC1CCC(c2ccc(CC(C)F)cc2)CC1.CCCCC1CCC(c2ccc(CC(C)F)cc2)CC1.CCCCCCC1CCC(c2ccc(CC(C)F)cc2)CC1.CCCCCCCC1CCC(c2ccc(CC(C)F)cc2)CC1.CCCCCCCCC1CCC(c2ccc(CC(C)F)cc2)CC1. The van der Waals surface area contributed by atoms with Gasteiger partial charge in [-0.15, -0.1) is 0 Å². The number of rotatable bonds is 42. The first kappa shape index (κ1) is 108. The molecule has 12 rings (SSSR count). The van der Waals surface area contributed by atoms with Gasteiger partial charge in [0.1, 0.15) is 37.0 Å². The predicted molar refractivity (Wildman–Crippen MR) is 537 cm³/mol. The molecule has 6 aliphatic carbocycles. The van der Waals surface area contributed by atoms with E-state index in [1.54, 1.807) is 41.5 Å². The van der Waals surface area contributed by atoms with Crippen molar-refractivity contribution in [3.8, 4) is 0 Å². The fraction of sp³-hybridized carbons (Fsp3) is 0.700. The largest absolute Gasteiger partial charge is 0.247 e. The van der Waals surface area contributed by atoms with Crippen molar-refractivity contribution in [1.29, 1.82) is 0 Å². The highest BCUT2D eigenvalue weighted by Crippen LogP contribution is 2.44. The van der Waals surface area contributed by atoms with Crippen LogP contribution in [0.25, 0.3) is 0 Å². The summed E-state index contributed by atoms with van der Waals surface area (Å²) in [4.78, 5) is 0. The third-order valence-electron chi connectivity index (χ3n) is 30.3. The third kappa shape index (κ3) is 44.4. The molecule has 6 atom stereocenters. The number of unbranched alkanes of at least 4 members (excludes halogenated alkanes) is 13. The summed E-state index contributed by atoms with van der Waals surface area (Å²) in [6, 6.07) is 52.3. The molecule has 0 amide bonds. The Morgan fingerprint density at radius 1 is 0.183 bits per heavy atom. The van der Waals surface area contributed by atoms with E-state index in [-0.39, 0.29) is 0 Å². The lowest BCUT2D eigenvalue weighted by atomic mass is 9.77. The molecule has 0 spiro atoms. The average Bonchev–Trinajstić information content (AvgIpc) is 0.879. The van der Waals surface area contributed by atoms with E-state index in [4.69, 9.17) is 0 Å². The van der Waals surface area contributed by atoms with Gasteiger partial charge in [0.05, 0.1) is 0 Å². The van der Waals surface area contributed by atoms with Gasteiger partial charge in [-0.2, -0.15) is 0 Å². The highest BCUT2D eigenvalue weighted by atomic mass is 19.2. The molecule has 0 N–H and O–H groups in total. The summed E-state index contributed by atoms with van der Waals surface area (Å²) in [6.07, 6.45) is 65.4. The minimum absolute atomic E-state index is 0.544. The Bertz CT molecular complexity index is 3540. The molecule has 6 aromatic carbocycles. The van der Waals surface area contributed by atoms with Gasteiger partial charge < -0.3 is 0 Å². The number of hydrogen-bond acceptors (Lipinski definition) is 0. The summed E-state index contributed by atoms with van der Waals surface area (Å²) in [5, 5.41) is 0. The number of halogens is 6. The van der Waals surface area contributed by atoms with E-state index in [2.05, 4.69) is 187 Å². The maximum absolute atomic E-state index is 13.1. The van der Waals surface area contributed by atoms with Crippen LogP contribution in [0.2, 0.25) is 0 Å². The molecule has 126 heavy (non-hydrogen) atoms. The first-order chi connectivity index (χ1) is 61.1. The van der Waals surface area contributed by atoms with E-state index in [9.17, 15) is 26.3 Å². The Hall–Kier alpha value is -5.10. The van der Waals surface area contributed by atoms with Gasteiger partial charge in [-0.3, -0.25) is 0 Å². The van der Waals surface area contributed by atoms with E-state index < -0.39 is 37.0 Å². The van der Waals surface area contributed by atoms with Crippen LogP contribution in [0.3, 0.4) is 0 Å². The molecule has 6 aromatic rings. The van der Waals surface area contributed by atoms with Crippen LogP contribution in [-0.4, -0.2) is 37.0 Å². The topological polar surface area (TPSA) is 0 Å². The van der Waals surface area contributed by atoms with Crippen molar-refractivity contribution in [2.24, 2.45) is 35.5 Å². The van der Waals surface area contributed by atoms with Crippen molar-refractivity contribution < 1.29 is 26.3 Å². The van der Waals surface area contributed by atoms with Crippen LogP contribution in [0, 0.1) is 35.5 Å². The summed E-state index contributed by atoms with van der Waals surface area (Å²) in [5.74, 6) is 10.2. The molecular weight excluding hydrogens is 1560 g/mol. The van der Waals surface area contributed by atoms with Crippen LogP contribution in [0.15, 0.2) is 146 Å². The third-order valence-corrected chi connectivity index (χ3v) is 30.3. The van der Waals surface area contributed by atoms with Crippen molar-refractivity contribution in [3.63, 3.8) is 0 Å². The van der Waals surface area contributed by atoms with Gasteiger partial charge in [0, 0.05) is 38.5 Å². The summed E-state index contributed by atoms with van der Waals surface area (Å²) < 4.78 is 78.0. The smallest absolute Gasteiger partial charge is 0.101 e. The second-order valence-electron chi connectivity index (χ2n) is 41.6. The number of benzene rings is 6. The Labute approximate surface area is 771 Å². The molecule has 6 unspecified atom stereocenters.